The molecule has 112 valence electrons. The molecule has 1 aliphatic rings. The van der Waals surface area contributed by atoms with Crippen LogP contribution in [0.1, 0.15) is 48.2 Å². The van der Waals surface area contributed by atoms with Crippen molar-refractivity contribution in [2.75, 3.05) is 13.2 Å². The van der Waals surface area contributed by atoms with Crippen LogP contribution in [0.3, 0.4) is 0 Å². The first-order valence-corrected chi connectivity index (χ1v) is 7.47. The summed E-state index contributed by atoms with van der Waals surface area (Å²) in [6, 6.07) is 5.60. The molecular weight excluding hydrogens is 262 g/mol. The number of nitrogens with one attached hydrogen (secondary N) is 1. The highest BCUT2D eigenvalue weighted by atomic mass is 16.2. The number of aliphatic hydroxyl groups is 1. The molecule has 0 unspecified atom stereocenters. The van der Waals surface area contributed by atoms with E-state index >= 15 is 0 Å². The minimum atomic E-state index is -0.203. The van der Waals surface area contributed by atoms with Gasteiger partial charge in [0.05, 0.1) is 5.56 Å². The highest BCUT2D eigenvalue weighted by Crippen LogP contribution is 2.51. The number of carbonyl (C=O) groups excluding carboxylic acids is 1. The molecule has 1 fully saturated rings. The molecule has 0 aliphatic heterocycles. The van der Waals surface area contributed by atoms with E-state index < -0.39 is 0 Å². The molecule has 21 heavy (non-hydrogen) atoms. The van der Waals surface area contributed by atoms with Crippen LogP contribution in [0.15, 0.2) is 18.2 Å². The molecule has 3 nitrogen and oxygen atoms in total. The molecule has 1 aromatic rings. The van der Waals surface area contributed by atoms with Crippen molar-refractivity contribution in [2.45, 2.75) is 33.6 Å². The number of carbonyl (C=O) groups is 1. The Morgan fingerprint density at radius 1 is 1.43 bits per heavy atom. The molecule has 0 atom stereocenters. The molecule has 0 spiro atoms. The van der Waals surface area contributed by atoms with Crippen LogP contribution in [0, 0.1) is 30.1 Å². The fourth-order valence-corrected chi connectivity index (χ4v) is 2.56. The van der Waals surface area contributed by atoms with Gasteiger partial charge in [-0.2, -0.15) is 0 Å². The first-order chi connectivity index (χ1) is 9.98. The number of hydrogen-bond acceptors (Lipinski definition) is 2. The molecule has 0 radical (unpaired) electrons. The lowest BCUT2D eigenvalue weighted by Gasteiger charge is -2.20. The van der Waals surface area contributed by atoms with E-state index in [0.717, 1.165) is 12.1 Å². The Morgan fingerprint density at radius 2 is 2.14 bits per heavy atom. The van der Waals surface area contributed by atoms with Gasteiger partial charge in [-0.25, -0.2) is 0 Å². The largest absolute Gasteiger partial charge is 0.384 e. The Bertz CT molecular complexity index is 589. The Hall–Kier alpha value is -1.79. The topological polar surface area (TPSA) is 49.3 Å². The lowest BCUT2D eigenvalue weighted by Crippen LogP contribution is -2.33. The van der Waals surface area contributed by atoms with Gasteiger partial charge in [-0.15, -0.1) is 0 Å². The molecule has 2 N–H and O–H groups in total. The van der Waals surface area contributed by atoms with E-state index in [1.54, 1.807) is 6.07 Å². The summed E-state index contributed by atoms with van der Waals surface area (Å²) in [4.78, 5) is 12.4. The predicted octanol–water partition coefficient (Wildman–Crippen LogP) is 2.50. The van der Waals surface area contributed by atoms with E-state index in [-0.39, 0.29) is 17.9 Å². The number of amides is 1. The maximum absolute atomic E-state index is 12.4. The Morgan fingerprint density at radius 3 is 2.71 bits per heavy atom. The molecule has 0 bridgehead atoms. The van der Waals surface area contributed by atoms with E-state index in [9.17, 15) is 4.79 Å². The summed E-state index contributed by atoms with van der Waals surface area (Å²) in [5.41, 5.74) is 2.60. The molecule has 1 aromatic carbocycles. The number of hydrogen-bond donors (Lipinski definition) is 2. The van der Waals surface area contributed by atoms with Crippen molar-refractivity contribution in [1.29, 1.82) is 0 Å². The second-order valence-corrected chi connectivity index (χ2v) is 6.21. The lowest BCUT2D eigenvalue weighted by molar-refractivity contribution is 0.0939. The molecule has 1 aliphatic carbocycles. The normalized spacial score (nSPS) is 15.3. The highest BCUT2D eigenvalue weighted by Gasteiger charge is 2.45. The minimum absolute atomic E-state index is 0.0795. The van der Waals surface area contributed by atoms with Gasteiger partial charge in [0.25, 0.3) is 5.91 Å². The Kier molecular flexibility index (Phi) is 4.69. The van der Waals surface area contributed by atoms with Gasteiger partial charge in [0.1, 0.15) is 6.61 Å². The van der Waals surface area contributed by atoms with Crippen LogP contribution in [0.25, 0.3) is 0 Å². The van der Waals surface area contributed by atoms with Crippen molar-refractivity contribution in [3.05, 3.63) is 34.9 Å². The fraction of sp³-hybridized carbons (Fsp3) is 0.500. The van der Waals surface area contributed by atoms with Crippen LogP contribution in [0.5, 0.6) is 0 Å². The first-order valence-electron chi connectivity index (χ1n) is 7.47. The summed E-state index contributed by atoms with van der Waals surface area (Å²) in [7, 11) is 0. The predicted molar refractivity (Wildman–Crippen MR) is 84.0 cm³/mol. The number of benzene rings is 1. The molecule has 0 aromatic heterocycles. The van der Waals surface area contributed by atoms with Crippen LogP contribution in [-0.4, -0.2) is 24.2 Å². The van der Waals surface area contributed by atoms with Gasteiger partial charge in [0, 0.05) is 12.1 Å². The zero-order valence-electron chi connectivity index (χ0n) is 13.0. The van der Waals surface area contributed by atoms with Crippen molar-refractivity contribution in [2.24, 2.45) is 11.3 Å². The van der Waals surface area contributed by atoms with Crippen molar-refractivity contribution in [3.63, 3.8) is 0 Å². The van der Waals surface area contributed by atoms with Crippen LogP contribution < -0.4 is 5.32 Å². The quantitative estimate of drug-likeness (QED) is 0.835. The zero-order valence-corrected chi connectivity index (χ0v) is 13.0. The van der Waals surface area contributed by atoms with E-state index in [4.69, 9.17) is 5.11 Å². The third kappa shape index (κ3) is 3.65. The highest BCUT2D eigenvalue weighted by molar-refractivity contribution is 5.96. The van der Waals surface area contributed by atoms with E-state index in [2.05, 4.69) is 31.0 Å². The Labute approximate surface area is 126 Å². The van der Waals surface area contributed by atoms with Crippen molar-refractivity contribution in [1.82, 2.24) is 5.32 Å². The summed E-state index contributed by atoms with van der Waals surface area (Å²) in [5.74, 6) is 5.98. The van der Waals surface area contributed by atoms with Crippen molar-refractivity contribution >= 4 is 5.91 Å². The van der Waals surface area contributed by atoms with E-state index in [1.807, 2.05) is 19.1 Å². The smallest absolute Gasteiger partial charge is 0.252 e. The first kappa shape index (κ1) is 15.6. The number of rotatable bonds is 4. The van der Waals surface area contributed by atoms with Gasteiger partial charge in [0.2, 0.25) is 0 Å². The second kappa shape index (κ2) is 6.32. The summed E-state index contributed by atoms with van der Waals surface area (Å²) in [6.07, 6.45) is 2.38. The maximum Gasteiger partial charge on any atom is 0.252 e. The van der Waals surface area contributed by atoms with Crippen LogP contribution >= 0.6 is 0 Å². The monoisotopic (exact) mass is 285 g/mol. The van der Waals surface area contributed by atoms with Crippen LogP contribution in [0.4, 0.5) is 0 Å². The summed E-state index contributed by atoms with van der Waals surface area (Å²) >= 11 is 0. The van der Waals surface area contributed by atoms with Crippen LogP contribution in [0.2, 0.25) is 0 Å². The van der Waals surface area contributed by atoms with Gasteiger partial charge < -0.3 is 10.4 Å². The third-order valence-electron chi connectivity index (χ3n) is 4.44. The number of aliphatic hydroxyl groups excluding tert-OH is 1. The van der Waals surface area contributed by atoms with Gasteiger partial charge in [-0.05, 0) is 48.8 Å². The van der Waals surface area contributed by atoms with Gasteiger partial charge in [-0.1, -0.05) is 31.8 Å². The maximum atomic E-state index is 12.4. The zero-order chi connectivity index (χ0) is 15.5. The summed E-state index contributed by atoms with van der Waals surface area (Å²) in [6.45, 7) is 6.91. The fourth-order valence-electron chi connectivity index (χ4n) is 2.56. The standard InChI is InChI=1S/C18H23NO2/c1-13(2)18(8-9-18)12-19-17(21)16-7-6-14(3)11-15(16)5-4-10-20/h6-7,11,13,20H,8-10,12H2,1-3H3,(H,19,21). The van der Waals surface area contributed by atoms with E-state index in [0.29, 0.717) is 17.0 Å². The average molecular weight is 285 g/mol. The minimum Gasteiger partial charge on any atom is -0.384 e. The molecule has 2 rings (SSSR count). The third-order valence-corrected chi connectivity index (χ3v) is 4.44. The molecule has 0 saturated heterocycles. The van der Waals surface area contributed by atoms with Crippen molar-refractivity contribution in [3.8, 4) is 11.8 Å². The molecule has 3 heteroatoms. The summed E-state index contributed by atoms with van der Waals surface area (Å²) in [5, 5.41) is 11.9. The molecule has 0 heterocycles. The molecule has 1 amide bonds. The van der Waals surface area contributed by atoms with Gasteiger partial charge in [-0.3, -0.25) is 4.79 Å². The lowest BCUT2D eigenvalue weighted by atomic mass is 9.92. The SMILES string of the molecule is Cc1ccc(C(=O)NCC2(C(C)C)CC2)c(C#CCO)c1. The Balaban J connectivity index is 2.12. The van der Waals surface area contributed by atoms with Crippen molar-refractivity contribution < 1.29 is 9.90 Å². The second-order valence-electron chi connectivity index (χ2n) is 6.21. The van der Waals surface area contributed by atoms with Gasteiger partial charge >= 0.3 is 0 Å². The number of aryl methyl sites for hydroxylation is 1. The summed E-state index contributed by atoms with van der Waals surface area (Å²) < 4.78 is 0. The van der Waals surface area contributed by atoms with Crippen LogP contribution in [-0.2, 0) is 0 Å². The van der Waals surface area contributed by atoms with Gasteiger partial charge in [0.15, 0.2) is 0 Å². The molecular formula is C18H23NO2. The molecule has 1 saturated carbocycles. The van der Waals surface area contributed by atoms with E-state index in [1.165, 1.54) is 12.8 Å². The average Bonchev–Trinajstić information content (AvgIpc) is 3.24.